The molecule has 1 aromatic rings. The molecule has 0 spiro atoms. The van der Waals surface area contributed by atoms with Crippen LogP contribution < -0.4 is 10.5 Å². The Kier molecular flexibility index (Phi) is 4.39. The van der Waals surface area contributed by atoms with Crippen molar-refractivity contribution >= 4 is 50.4 Å². The minimum atomic E-state index is -3.80. The summed E-state index contributed by atoms with van der Waals surface area (Å²) in [5.74, 6) is -0.263. The Bertz CT molecular complexity index is 511. The molecule has 0 bridgehead atoms. The van der Waals surface area contributed by atoms with Gasteiger partial charge in [0.05, 0.1) is 10.9 Å². The molecule has 10 heteroatoms. The van der Waals surface area contributed by atoms with Crippen LogP contribution in [0.4, 0.5) is 0 Å². The van der Waals surface area contributed by atoms with Crippen molar-refractivity contribution in [1.82, 2.24) is 4.72 Å². The molecule has 1 heterocycles. The molecule has 0 atom stereocenters. The quantitative estimate of drug-likeness (QED) is 0.335. The van der Waals surface area contributed by atoms with Gasteiger partial charge in [0.1, 0.15) is 9.23 Å². The molecule has 0 aliphatic rings. The zero-order valence-electron chi connectivity index (χ0n) is 7.65. The molecule has 90 valence electrons. The number of hydrogen-bond acceptors (Lipinski definition) is 5. The van der Waals surface area contributed by atoms with E-state index in [9.17, 15) is 8.42 Å². The van der Waals surface area contributed by atoms with Gasteiger partial charge in [0, 0.05) is 0 Å². The molecule has 0 saturated carbocycles. The van der Waals surface area contributed by atoms with Crippen molar-refractivity contribution in [3.05, 3.63) is 14.7 Å². The maximum absolute atomic E-state index is 11.6. The van der Waals surface area contributed by atoms with Crippen LogP contribution in [0.1, 0.15) is 0 Å². The highest BCUT2D eigenvalue weighted by Crippen LogP contribution is 2.33. The topological polar surface area (TPSA) is 105 Å². The van der Waals surface area contributed by atoms with Gasteiger partial charge in [0.25, 0.3) is 0 Å². The Morgan fingerprint density at radius 3 is 2.69 bits per heavy atom. The molecule has 0 saturated heterocycles. The van der Waals surface area contributed by atoms with Crippen LogP contribution in [0.2, 0.25) is 8.67 Å². The number of oxime groups is 1. The number of sulfonamides is 1. The smallest absolute Gasteiger partial charge is 0.243 e. The fourth-order valence-corrected chi connectivity index (χ4v) is 3.94. The molecule has 0 aromatic carbocycles. The monoisotopic (exact) mass is 303 g/mol. The van der Waals surface area contributed by atoms with E-state index in [1.54, 1.807) is 0 Å². The molecular formula is C6H7Cl2N3O3S2. The number of thiophene rings is 1. The predicted octanol–water partition coefficient (Wildman–Crippen LogP) is 1.08. The van der Waals surface area contributed by atoms with Gasteiger partial charge < -0.3 is 10.9 Å². The third-order valence-electron chi connectivity index (χ3n) is 1.49. The summed E-state index contributed by atoms with van der Waals surface area (Å²) in [7, 11) is -3.80. The Morgan fingerprint density at radius 2 is 2.25 bits per heavy atom. The third kappa shape index (κ3) is 3.22. The molecule has 0 unspecified atom stereocenters. The number of nitrogens with one attached hydrogen (secondary N) is 1. The summed E-state index contributed by atoms with van der Waals surface area (Å²) < 4.78 is 25.7. The maximum Gasteiger partial charge on any atom is 0.243 e. The van der Waals surface area contributed by atoms with E-state index in [0.29, 0.717) is 0 Å². The van der Waals surface area contributed by atoms with E-state index in [-0.39, 0.29) is 25.9 Å². The first-order valence-electron chi connectivity index (χ1n) is 3.77. The molecule has 1 aromatic heterocycles. The SMILES string of the molecule is N/C(CNS(=O)(=O)c1cc(Cl)sc1Cl)=N\O. The van der Waals surface area contributed by atoms with Gasteiger partial charge in [-0.25, -0.2) is 13.1 Å². The van der Waals surface area contributed by atoms with Crippen molar-refractivity contribution in [2.45, 2.75) is 4.90 Å². The number of nitrogens with zero attached hydrogens (tertiary/aromatic N) is 1. The van der Waals surface area contributed by atoms with E-state index in [1.807, 2.05) is 0 Å². The lowest BCUT2D eigenvalue weighted by Crippen LogP contribution is -2.33. The largest absolute Gasteiger partial charge is 0.409 e. The second-order valence-electron chi connectivity index (χ2n) is 2.60. The average molecular weight is 304 g/mol. The minimum Gasteiger partial charge on any atom is -0.409 e. The molecule has 0 radical (unpaired) electrons. The molecule has 0 aliphatic carbocycles. The van der Waals surface area contributed by atoms with Gasteiger partial charge in [-0.15, -0.1) is 11.3 Å². The summed E-state index contributed by atoms with van der Waals surface area (Å²) >= 11 is 12.2. The van der Waals surface area contributed by atoms with Gasteiger partial charge in [-0.1, -0.05) is 28.4 Å². The lowest BCUT2D eigenvalue weighted by atomic mass is 10.6. The number of nitrogens with two attached hydrogens (primary N) is 1. The molecule has 0 amide bonds. The van der Waals surface area contributed by atoms with Crippen molar-refractivity contribution in [3.8, 4) is 0 Å². The first kappa shape index (κ1) is 13.5. The van der Waals surface area contributed by atoms with Gasteiger partial charge in [-0.05, 0) is 6.07 Å². The van der Waals surface area contributed by atoms with E-state index in [0.717, 1.165) is 11.3 Å². The van der Waals surface area contributed by atoms with E-state index in [4.69, 9.17) is 34.1 Å². The van der Waals surface area contributed by atoms with Gasteiger partial charge in [-0.2, -0.15) is 0 Å². The maximum atomic E-state index is 11.6. The van der Waals surface area contributed by atoms with E-state index in [2.05, 4.69) is 9.88 Å². The molecule has 0 fully saturated rings. The lowest BCUT2D eigenvalue weighted by molar-refractivity contribution is 0.317. The van der Waals surface area contributed by atoms with Crippen LogP contribution in [0, 0.1) is 0 Å². The normalized spacial score (nSPS) is 13.0. The third-order valence-corrected chi connectivity index (χ3v) is 4.64. The molecule has 16 heavy (non-hydrogen) atoms. The summed E-state index contributed by atoms with van der Waals surface area (Å²) in [4.78, 5) is -0.130. The van der Waals surface area contributed by atoms with E-state index < -0.39 is 10.0 Å². The molecule has 1 rings (SSSR count). The highest BCUT2D eigenvalue weighted by Gasteiger charge is 2.20. The van der Waals surface area contributed by atoms with Gasteiger partial charge >= 0.3 is 0 Å². The van der Waals surface area contributed by atoms with Crippen molar-refractivity contribution < 1.29 is 13.6 Å². The second kappa shape index (κ2) is 5.19. The van der Waals surface area contributed by atoms with Gasteiger partial charge in [-0.3, -0.25) is 0 Å². The van der Waals surface area contributed by atoms with Crippen LogP contribution >= 0.6 is 34.5 Å². The fourth-order valence-electron chi connectivity index (χ4n) is 0.790. The summed E-state index contributed by atoms with van der Waals surface area (Å²) in [6.45, 7) is -0.317. The molecule has 0 aliphatic heterocycles. The number of amidine groups is 1. The van der Waals surface area contributed by atoms with Crippen molar-refractivity contribution in [2.24, 2.45) is 10.9 Å². The first-order chi connectivity index (χ1) is 7.36. The van der Waals surface area contributed by atoms with Crippen LogP contribution in [0.3, 0.4) is 0 Å². The van der Waals surface area contributed by atoms with Crippen molar-refractivity contribution in [3.63, 3.8) is 0 Å². The Labute approximate surface area is 106 Å². The molecular weight excluding hydrogens is 297 g/mol. The van der Waals surface area contributed by atoms with Crippen LogP contribution in [0.5, 0.6) is 0 Å². The highest BCUT2D eigenvalue weighted by atomic mass is 35.5. The predicted molar refractivity (Wildman–Crippen MR) is 62.9 cm³/mol. The lowest BCUT2D eigenvalue weighted by Gasteiger charge is -2.03. The summed E-state index contributed by atoms with van der Waals surface area (Å²) in [6.07, 6.45) is 0. The number of halogens is 2. The first-order valence-corrected chi connectivity index (χ1v) is 6.83. The Balaban J connectivity index is 2.91. The van der Waals surface area contributed by atoms with Crippen LogP contribution in [0.25, 0.3) is 0 Å². The minimum absolute atomic E-state index is 0.0528. The summed E-state index contributed by atoms with van der Waals surface area (Å²) in [6, 6.07) is 1.23. The number of rotatable bonds is 4. The second-order valence-corrected chi connectivity index (χ2v) is 6.63. The van der Waals surface area contributed by atoms with Crippen LogP contribution in [-0.2, 0) is 10.0 Å². The van der Waals surface area contributed by atoms with Crippen LogP contribution in [0.15, 0.2) is 16.1 Å². The standard InChI is InChI=1S/C6H7Cl2N3O3S2/c7-4-1-3(6(8)15-4)16(13,14)10-2-5(9)11-12/h1,10,12H,2H2,(H2,9,11). The summed E-state index contributed by atoms with van der Waals surface area (Å²) in [5, 5.41) is 10.9. The zero-order valence-corrected chi connectivity index (χ0v) is 10.8. The molecule has 6 nitrogen and oxygen atoms in total. The molecule has 4 N–H and O–H groups in total. The van der Waals surface area contributed by atoms with Crippen LogP contribution in [-0.4, -0.2) is 26.0 Å². The van der Waals surface area contributed by atoms with E-state index >= 15 is 0 Å². The highest BCUT2D eigenvalue weighted by molar-refractivity contribution is 7.89. The zero-order chi connectivity index (χ0) is 12.3. The fraction of sp³-hybridized carbons (Fsp3) is 0.167. The van der Waals surface area contributed by atoms with Crippen molar-refractivity contribution in [2.75, 3.05) is 6.54 Å². The van der Waals surface area contributed by atoms with Gasteiger partial charge in [0.15, 0.2) is 5.84 Å². The van der Waals surface area contributed by atoms with Crippen molar-refractivity contribution in [1.29, 1.82) is 0 Å². The number of hydrogen-bond donors (Lipinski definition) is 3. The Morgan fingerprint density at radius 1 is 1.62 bits per heavy atom. The van der Waals surface area contributed by atoms with Gasteiger partial charge in [0.2, 0.25) is 10.0 Å². The average Bonchev–Trinajstić information content (AvgIpc) is 2.55. The Hall–Kier alpha value is -0.540. The van der Waals surface area contributed by atoms with E-state index in [1.165, 1.54) is 6.07 Å². The summed E-state index contributed by atoms with van der Waals surface area (Å²) in [5.41, 5.74) is 5.12.